The van der Waals surface area contributed by atoms with Crippen LogP contribution in [0, 0.1) is 0 Å². The average molecular weight is 350 g/mol. The highest BCUT2D eigenvalue weighted by Gasteiger charge is 2.14. The molecule has 1 unspecified atom stereocenters. The number of hydrogen-bond acceptors (Lipinski definition) is 3. The Morgan fingerprint density at radius 3 is 2.14 bits per heavy atom. The second-order valence-corrected chi connectivity index (χ2v) is 5.64. The molecule has 0 radical (unpaired) electrons. The fourth-order valence-electron chi connectivity index (χ4n) is 2.28. The molecule has 0 saturated carbocycles. The molecular weight excluding hydrogens is 330 g/mol. The number of benzene rings is 2. The van der Waals surface area contributed by atoms with Gasteiger partial charge in [-0.05, 0) is 48.9 Å². The molecule has 2 aromatic rings. The van der Waals surface area contributed by atoms with Crippen molar-refractivity contribution in [2.45, 2.75) is 12.5 Å². The largest absolute Gasteiger partial charge is 0.497 e. The summed E-state index contributed by atoms with van der Waals surface area (Å²) in [4.78, 5) is 0. The molecule has 1 N–H and O–H groups in total. The van der Waals surface area contributed by atoms with Crippen LogP contribution in [0.5, 0.6) is 11.5 Å². The molecule has 0 aromatic heterocycles. The molecule has 0 fully saturated rings. The first-order valence-electron chi connectivity index (χ1n) is 6.81. The number of methoxy groups -OCH3 is 2. The first-order valence-corrected chi connectivity index (χ1v) is 7.61. The van der Waals surface area contributed by atoms with Crippen LogP contribution < -0.4 is 14.8 Å². The van der Waals surface area contributed by atoms with Crippen molar-refractivity contribution >= 4 is 15.9 Å². The van der Waals surface area contributed by atoms with Crippen LogP contribution in [0.25, 0.3) is 0 Å². The Labute approximate surface area is 134 Å². The molecule has 0 spiro atoms. The molecular formula is C17H20BrNO2. The maximum atomic E-state index is 5.24. The third-order valence-electron chi connectivity index (χ3n) is 3.53. The van der Waals surface area contributed by atoms with Gasteiger partial charge >= 0.3 is 0 Å². The van der Waals surface area contributed by atoms with Gasteiger partial charge in [0.05, 0.1) is 14.2 Å². The van der Waals surface area contributed by atoms with Crippen LogP contribution >= 0.6 is 15.9 Å². The number of ether oxygens (including phenoxy) is 2. The second kappa shape index (κ2) is 7.48. The summed E-state index contributed by atoms with van der Waals surface area (Å²) in [5.74, 6) is 1.73. The zero-order valence-electron chi connectivity index (χ0n) is 12.5. The van der Waals surface area contributed by atoms with Gasteiger partial charge in [0.25, 0.3) is 0 Å². The van der Waals surface area contributed by atoms with Crippen molar-refractivity contribution in [3.8, 4) is 11.5 Å². The van der Waals surface area contributed by atoms with Crippen LogP contribution in [0.4, 0.5) is 0 Å². The molecule has 0 aliphatic heterocycles. The van der Waals surface area contributed by atoms with Crippen molar-refractivity contribution < 1.29 is 9.47 Å². The molecule has 0 aliphatic carbocycles. The maximum Gasteiger partial charge on any atom is 0.120 e. The quantitative estimate of drug-likeness (QED) is 0.855. The number of nitrogens with one attached hydrogen (secondary N) is 1. The predicted octanol–water partition coefficient (Wildman–Crippen LogP) is 3.97. The minimum atomic E-state index is 0.235. The number of halogens is 1. The van der Waals surface area contributed by atoms with E-state index in [2.05, 4.69) is 39.4 Å². The molecule has 0 aliphatic rings. The van der Waals surface area contributed by atoms with E-state index in [1.807, 2.05) is 31.3 Å². The summed E-state index contributed by atoms with van der Waals surface area (Å²) in [5.41, 5.74) is 2.48. The minimum absolute atomic E-state index is 0.235. The minimum Gasteiger partial charge on any atom is -0.497 e. The Morgan fingerprint density at radius 1 is 1.00 bits per heavy atom. The fraction of sp³-hybridized carbons (Fsp3) is 0.294. The molecule has 3 nitrogen and oxygen atoms in total. The summed E-state index contributed by atoms with van der Waals surface area (Å²) in [5, 5.41) is 3.37. The van der Waals surface area contributed by atoms with E-state index < -0.39 is 0 Å². The first kappa shape index (κ1) is 15.9. The second-order valence-electron chi connectivity index (χ2n) is 4.78. The number of hydrogen-bond donors (Lipinski definition) is 1. The van der Waals surface area contributed by atoms with Gasteiger partial charge in [0, 0.05) is 10.5 Å². The van der Waals surface area contributed by atoms with Crippen molar-refractivity contribution in [1.29, 1.82) is 0 Å². The first-order chi connectivity index (χ1) is 10.2. The van der Waals surface area contributed by atoms with E-state index in [0.29, 0.717) is 0 Å². The SMILES string of the molecule is CNC(Cc1ccc(OC)cc1)c1ccc(OC)cc1Br. The van der Waals surface area contributed by atoms with Crippen LogP contribution in [0.2, 0.25) is 0 Å². The molecule has 0 saturated heterocycles. The normalized spacial score (nSPS) is 12.0. The van der Waals surface area contributed by atoms with Crippen molar-refractivity contribution in [2.24, 2.45) is 0 Å². The zero-order chi connectivity index (χ0) is 15.2. The van der Waals surface area contributed by atoms with Gasteiger partial charge in [-0.25, -0.2) is 0 Å². The Balaban J connectivity index is 2.18. The maximum absolute atomic E-state index is 5.24. The van der Waals surface area contributed by atoms with Gasteiger partial charge in [-0.2, -0.15) is 0 Å². The highest BCUT2D eigenvalue weighted by atomic mass is 79.9. The van der Waals surface area contributed by atoms with Gasteiger partial charge in [-0.1, -0.05) is 34.1 Å². The number of likely N-dealkylation sites (N-methyl/N-ethyl adjacent to an activating group) is 1. The zero-order valence-corrected chi connectivity index (χ0v) is 14.1. The summed E-state index contributed by atoms with van der Waals surface area (Å²) >= 11 is 3.63. The molecule has 4 heteroatoms. The van der Waals surface area contributed by atoms with Gasteiger partial charge in [0.15, 0.2) is 0 Å². The van der Waals surface area contributed by atoms with Crippen LogP contribution in [0.1, 0.15) is 17.2 Å². The smallest absolute Gasteiger partial charge is 0.120 e. The van der Waals surface area contributed by atoms with Crippen molar-refractivity contribution in [2.75, 3.05) is 21.3 Å². The Kier molecular flexibility index (Phi) is 5.65. The van der Waals surface area contributed by atoms with E-state index >= 15 is 0 Å². The summed E-state index contributed by atoms with van der Waals surface area (Å²) in [6, 6.07) is 14.5. The lowest BCUT2D eigenvalue weighted by atomic mass is 9.99. The molecule has 0 heterocycles. The van der Waals surface area contributed by atoms with Gasteiger partial charge < -0.3 is 14.8 Å². The number of rotatable bonds is 6. The fourth-order valence-corrected chi connectivity index (χ4v) is 2.92. The Hall–Kier alpha value is -1.52. The lowest BCUT2D eigenvalue weighted by molar-refractivity contribution is 0.413. The molecule has 0 amide bonds. The average Bonchev–Trinajstić information content (AvgIpc) is 2.53. The molecule has 21 heavy (non-hydrogen) atoms. The lowest BCUT2D eigenvalue weighted by Gasteiger charge is -2.19. The van der Waals surface area contributed by atoms with Gasteiger partial charge in [-0.3, -0.25) is 0 Å². The highest BCUT2D eigenvalue weighted by molar-refractivity contribution is 9.10. The van der Waals surface area contributed by atoms with Crippen LogP contribution in [0.15, 0.2) is 46.9 Å². The lowest BCUT2D eigenvalue weighted by Crippen LogP contribution is -2.19. The summed E-state index contributed by atoms with van der Waals surface area (Å²) in [6.45, 7) is 0. The standard InChI is InChI=1S/C17H20BrNO2/c1-19-17(10-12-4-6-13(20-2)7-5-12)15-9-8-14(21-3)11-16(15)18/h4-9,11,17,19H,10H2,1-3H3. The van der Waals surface area contributed by atoms with E-state index in [1.165, 1.54) is 11.1 Å². The third-order valence-corrected chi connectivity index (χ3v) is 4.22. The molecule has 0 bridgehead atoms. The van der Waals surface area contributed by atoms with Crippen molar-refractivity contribution in [1.82, 2.24) is 5.32 Å². The van der Waals surface area contributed by atoms with Crippen molar-refractivity contribution in [3.63, 3.8) is 0 Å². The van der Waals surface area contributed by atoms with Crippen LogP contribution in [-0.4, -0.2) is 21.3 Å². The Bertz CT molecular complexity index is 584. The van der Waals surface area contributed by atoms with Crippen molar-refractivity contribution in [3.05, 3.63) is 58.1 Å². The van der Waals surface area contributed by atoms with Gasteiger partial charge in [-0.15, -0.1) is 0 Å². The Morgan fingerprint density at radius 2 is 1.62 bits per heavy atom. The molecule has 112 valence electrons. The van der Waals surface area contributed by atoms with Gasteiger partial charge in [0.1, 0.15) is 11.5 Å². The van der Waals surface area contributed by atoms with E-state index in [0.717, 1.165) is 22.4 Å². The summed E-state index contributed by atoms with van der Waals surface area (Å²) < 4.78 is 11.5. The monoisotopic (exact) mass is 349 g/mol. The van der Waals surface area contributed by atoms with Crippen LogP contribution in [0.3, 0.4) is 0 Å². The molecule has 2 aromatic carbocycles. The highest BCUT2D eigenvalue weighted by Crippen LogP contribution is 2.29. The summed E-state index contributed by atoms with van der Waals surface area (Å²) in [7, 11) is 5.33. The van der Waals surface area contributed by atoms with Gasteiger partial charge in [0.2, 0.25) is 0 Å². The van der Waals surface area contributed by atoms with E-state index in [9.17, 15) is 0 Å². The predicted molar refractivity (Wildman–Crippen MR) is 89.2 cm³/mol. The summed E-state index contributed by atoms with van der Waals surface area (Å²) in [6.07, 6.45) is 0.908. The molecule has 1 atom stereocenters. The van der Waals surface area contributed by atoms with Crippen LogP contribution in [-0.2, 0) is 6.42 Å². The van der Waals surface area contributed by atoms with E-state index in [4.69, 9.17) is 9.47 Å². The van der Waals surface area contributed by atoms with E-state index in [1.54, 1.807) is 14.2 Å². The van der Waals surface area contributed by atoms with E-state index in [-0.39, 0.29) is 6.04 Å². The third kappa shape index (κ3) is 3.99. The molecule has 2 rings (SSSR count). The topological polar surface area (TPSA) is 30.5 Å².